The van der Waals surface area contributed by atoms with Crippen LogP contribution in [-0.4, -0.2) is 28.3 Å². The highest BCUT2D eigenvalue weighted by Gasteiger charge is 2.23. The van der Waals surface area contributed by atoms with Gasteiger partial charge in [0, 0.05) is 20.8 Å². The Hall–Kier alpha value is -3.37. The molecule has 2 aromatic heterocycles. The van der Waals surface area contributed by atoms with Crippen molar-refractivity contribution in [2.75, 3.05) is 11.9 Å². The first-order valence-corrected chi connectivity index (χ1v) is 11.1. The van der Waals surface area contributed by atoms with Gasteiger partial charge in [0.15, 0.2) is 5.69 Å². The van der Waals surface area contributed by atoms with Crippen LogP contribution >= 0.6 is 27.3 Å². The lowest BCUT2D eigenvalue weighted by Crippen LogP contribution is -2.25. The number of halogens is 2. The monoisotopic (exact) mass is 515 g/mol. The summed E-state index contributed by atoms with van der Waals surface area (Å²) in [6, 6.07) is 12.0. The fourth-order valence-corrected chi connectivity index (χ4v) is 4.25. The molecule has 1 N–H and O–H groups in total. The highest BCUT2D eigenvalue weighted by molar-refractivity contribution is 9.10. The summed E-state index contributed by atoms with van der Waals surface area (Å²) in [5.41, 5.74) is -0.0447. The molecule has 162 valence electrons. The number of nitrogens with zero attached hydrogens (tertiary/aromatic N) is 2. The smallest absolute Gasteiger partial charge is 0.359 e. The third-order valence-electron chi connectivity index (χ3n) is 4.51. The highest BCUT2D eigenvalue weighted by Crippen LogP contribution is 2.31. The molecule has 4 aromatic rings. The zero-order valence-corrected chi connectivity index (χ0v) is 19.0. The van der Waals surface area contributed by atoms with Crippen molar-refractivity contribution >= 4 is 54.9 Å². The molecule has 0 saturated heterocycles. The van der Waals surface area contributed by atoms with Gasteiger partial charge in [0.05, 0.1) is 17.7 Å². The molecule has 0 radical (unpaired) electrons. The maximum atomic E-state index is 13.5. The summed E-state index contributed by atoms with van der Waals surface area (Å²) in [6.07, 6.45) is 0. The predicted octanol–water partition coefficient (Wildman–Crippen LogP) is 4.78. The van der Waals surface area contributed by atoms with Crippen molar-refractivity contribution in [2.45, 2.75) is 6.92 Å². The van der Waals surface area contributed by atoms with Crippen LogP contribution in [0.25, 0.3) is 16.5 Å². The quantitative estimate of drug-likeness (QED) is 0.386. The molecule has 1 amide bonds. The molecule has 2 heterocycles. The Morgan fingerprint density at radius 3 is 2.66 bits per heavy atom. The Labute approximate surface area is 193 Å². The average Bonchev–Trinajstić information content (AvgIpc) is 3.19. The van der Waals surface area contributed by atoms with Crippen LogP contribution in [-0.2, 0) is 4.74 Å². The lowest BCUT2D eigenvalue weighted by molar-refractivity contribution is 0.0520. The topological polar surface area (TPSA) is 90.3 Å². The van der Waals surface area contributed by atoms with Crippen molar-refractivity contribution in [2.24, 2.45) is 0 Å². The number of ether oxygens (including phenoxy) is 1. The molecule has 0 spiro atoms. The first kappa shape index (κ1) is 21.8. The molecule has 7 nitrogen and oxygen atoms in total. The van der Waals surface area contributed by atoms with E-state index in [1.807, 2.05) is 0 Å². The van der Waals surface area contributed by atoms with Crippen molar-refractivity contribution in [1.29, 1.82) is 0 Å². The lowest BCUT2D eigenvalue weighted by Gasteiger charge is -2.10. The van der Waals surface area contributed by atoms with Crippen molar-refractivity contribution in [3.8, 4) is 5.69 Å². The molecule has 0 aliphatic carbocycles. The van der Waals surface area contributed by atoms with Crippen molar-refractivity contribution in [3.63, 3.8) is 0 Å². The van der Waals surface area contributed by atoms with E-state index in [0.717, 1.165) is 26.6 Å². The number of aromatic nitrogens is 2. The number of esters is 1. The minimum atomic E-state index is -0.691. The van der Waals surface area contributed by atoms with E-state index in [1.165, 1.54) is 18.2 Å². The third-order valence-corrected chi connectivity index (χ3v) is 5.93. The zero-order chi connectivity index (χ0) is 22.8. The number of hydrogen-bond acceptors (Lipinski definition) is 6. The van der Waals surface area contributed by atoms with E-state index >= 15 is 0 Å². The predicted molar refractivity (Wildman–Crippen MR) is 123 cm³/mol. The molecular weight excluding hydrogens is 501 g/mol. The number of hydrogen-bond donors (Lipinski definition) is 1. The molecule has 0 bridgehead atoms. The first-order valence-electron chi connectivity index (χ1n) is 9.43. The van der Waals surface area contributed by atoms with Crippen LogP contribution < -0.4 is 10.9 Å². The molecule has 0 unspecified atom stereocenters. The van der Waals surface area contributed by atoms with Gasteiger partial charge < -0.3 is 10.1 Å². The highest BCUT2D eigenvalue weighted by atomic mass is 79.9. The Morgan fingerprint density at radius 1 is 1.22 bits per heavy atom. The van der Waals surface area contributed by atoms with Crippen LogP contribution in [0.4, 0.5) is 9.39 Å². The summed E-state index contributed by atoms with van der Waals surface area (Å²) in [5, 5.41) is 9.04. The molecule has 0 aliphatic rings. The molecule has 4 rings (SSSR count). The molecule has 0 aliphatic heterocycles. The Balaban J connectivity index is 1.88. The van der Waals surface area contributed by atoms with Crippen molar-refractivity contribution in [1.82, 2.24) is 9.78 Å². The van der Waals surface area contributed by atoms with Crippen LogP contribution in [0.3, 0.4) is 0 Å². The van der Waals surface area contributed by atoms with E-state index in [-0.39, 0.29) is 33.6 Å². The summed E-state index contributed by atoms with van der Waals surface area (Å²) >= 11 is 4.41. The van der Waals surface area contributed by atoms with Gasteiger partial charge in [0.1, 0.15) is 10.8 Å². The van der Waals surface area contributed by atoms with E-state index in [4.69, 9.17) is 4.74 Å². The minimum Gasteiger partial charge on any atom is -0.461 e. The van der Waals surface area contributed by atoms with Gasteiger partial charge in [-0.3, -0.25) is 9.59 Å². The maximum absolute atomic E-state index is 13.5. The van der Waals surface area contributed by atoms with E-state index < -0.39 is 23.3 Å². The minimum absolute atomic E-state index is 0.0492. The summed E-state index contributed by atoms with van der Waals surface area (Å²) in [5.74, 6) is -1.83. The second-order valence-corrected chi connectivity index (χ2v) is 8.38. The van der Waals surface area contributed by atoms with Crippen molar-refractivity contribution < 1.29 is 18.7 Å². The molecular formula is C22H15BrFN3O4S. The number of fused-ring (bicyclic) bond motifs is 1. The van der Waals surface area contributed by atoms with E-state index in [1.54, 1.807) is 36.6 Å². The molecule has 0 atom stereocenters. The van der Waals surface area contributed by atoms with Crippen LogP contribution in [0.1, 0.15) is 27.8 Å². The van der Waals surface area contributed by atoms with Gasteiger partial charge in [-0.05, 0) is 49.4 Å². The lowest BCUT2D eigenvalue weighted by atomic mass is 10.2. The average molecular weight is 516 g/mol. The number of benzene rings is 2. The molecule has 0 saturated carbocycles. The van der Waals surface area contributed by atoms with Gasteiger partial charge >= 0.3 is 5.97 Å². The zero-order valence-electron chi connectivity index (χ0n) is 16.6. The summed E-state index contributed by atoms with van der Waals surface area (Å²) in [6.45, 7) is 1.80. The number of nitrogens with one attached hydrogen (secondary N) is 1. The molecule has 32 heavy (non-hydrogen) atoms. The number of thiophene rings is 1. The van der Waals surface area contributed by atoms with Crippen LogP contribution in [0.2, 0.25) is 0 Å². The first-order chi connectivity index (χ1) is 15.4. The standard InChI is InChI=1S/C22H15BrFN3O4S/c1-2-31-22(30)18-16-11-32-20(25-19(28)12-4-3-5-14(24)10-12)17(16)21(29)27(26-18)15-8-6-13(23)7-9-15/h3-11H,2H2,1H3,(H,25,28). The van der Waals surface area contributed by atoms with Gasteiger partial charge in [-0.25, -0.2) is 9.18 Å². The SMILES string of the molecule is CCOC(=O)c1nn(-c2ccc(Br)cc2)c(=O)c2c(NC(=O)c3cccc(F)c3)scc12. The van der Waals surface area contributed by atoms with Crippen LogP contribution in [0.15, 0.2) is 63.2 Å². The number of amides is 1. The maximum Gasteiger partial charge on any atom is 0.359 e. The second kappa shape index (κ2) is 9.01. The third kappa shape index (κ3) is 4.19. The molecule has 2 aromatic carbocycles. The Kier molecular flexibility index (Phi) is 6.15. The van der Waals surface area contributed by atoms with Gasteiger partial charge in [0.2, 0.25) is 0 Å². The van der Waals surface area contributed by atoms with Gasteiger partial charge in [-0.15, -0.1) is 11.3 Å². The largest absolute Gasteiger partial charge is 0.461 e. The fourth-order valence-electron chi connectivity index (χ4n) is 3.05. The Morgan fingerprint density at radius 2 is 1.97 bits per heavy atom. The summed E-state index contributed by atoms with van der Waals surface area (Å²) in [4.78, 5) is 38.5. The number of carbonyl (C=O) groups excluding carboxylic acids is 2. The van der Waals surface area contributed by atoms with Crippen LogP contribution in [0.5, 0.6) is 0 Å². The van der Waals surface area contributed by atoms with Crippen molar-refractivity contribution in [3.05, 3.63) is 85.8 Å². The molecule has 10 heteroatoms. The van der Waals surface area contributed by atoms with E-state index in [0.29, 0.717) is 5.69 Å². The number of anilines is 1. The van der Waals surface area contributed by atoms with Crippen LogP contribution in [0, 0.1) is 5.82 Å². The number of rotatable bonds is 5. The van der Waals surface area contributed by atoms with Gasteiger partial charge in [-0.2, -0.15) is 9.78 Å². The van der Waals surface area contributed by atoms with E-state index in [2.05, 4.69) is 26.3 Å². The second-order valence-electron chi connectivity index (χ2n) is 6.58. The van der Waals surface area contributed by atoms with Gasteiger partial charge in [0.25, 0.3) is 11.5 Å². The number of carbonyl (C=O) groups is 2. The summed E-state index contributed by atoms with van der Waals surface area (Å²) < 4.78 is 20.5. The summed E-state index contributed by atoms with van der Waals surface area (Å²) in [7, 11) is 0. The fraction of sp³-hybridized carbons (Fsp3) is 0.0909. The van der Waals surface area contributed by atoms with E-state index in [9.17, 15) is 18.8 Å². The van der Waals surface area contributed by atoms with Gasteiger partial charge in [-0.1, -0.05) is 22.0 Å². The Bertz CT molecular complexity index is 1400. The normalized spacial score (nSPS) is 10.8. The molecule has 0 fully saturated rings.